The number of para-hydroxylation sites is 2. The standard InChI is InChI=1S/C27H20ClFN2/c28-23-9-6-10-24(29)22(23)18-31-26-12-5-4-11-25(26)30-27(31)17-19-13-15-21(16-14-19)20-7-2-1-3-8-20/h1-16H,17-18H2. The monoisotopic (exact) mass is 426 g/mol. The maximum Gasteiger partial charge on any atom is 0.129 e. The fourth-order valence-corrected chi connectivity index (χ4v) is 4.13. The third-order valence-electron chi connectivity index (χ3n) is 5.53. The van der Waals surface area contributed by atoms with Crippen molar-refractivity contribution in [1.29, 1.82) is 0 Å². The van der Waals surface area contributed by atoms with Gasteiger partial charge >= 0.3 is 0 Å². The molecule has 4 heteroatoms. The molecule has 0 spiro atoms. The molecule has 0 aliphatic heterocycles. The van der Waals surface area contributed by atoms with Gasteiger partial charge in [-0.05, 0) is 41.0 Å². The molecule has 0 saturated carbocycles. The average molecular weight is 427 g/mol. The first kappa shape index (κ1) is 19.5. The molecule has 0 saturated heterocycles. The Morgan fingerprint density at radius 3 is 2.23 bits per heavy atom. The number of nitrogens with zero attached hydrogens (tertiary/aromatic N) is 2. The Balaban J connectivity index is 1.51. The lowest BCUT2D eigenvalue weighted by atomic mass is 10.0. The van der Waals surface area contributed by atoms with Gasteiger partial charge in [0.05, 0.1) is 17.6 Å². The highest BCUT2D eigenvalue weighted by molar-refractivity contribution is 6.31. The van der Waals surface area contributed by atoms with Crippen molar-refractivity contribution < 1.29 is 4.39 Å². The maximum atomic E-state index is 14.5. The van der Waals surface area contributed by atoms with E-state index >= 15 is 0 Å². The largest absolute Gasteiger partial charge is 0.323 e. The molecule has 1 heterocycles. The van der Waals surface area contributed by atoms with Gasteiger partial charge in [0.15, 0.2) is 0 Å². The summed E-state index contributed by atoms with van der Waals surface area (Å²) in [5.74, 6) is 0.580. The summed E-state index contributed by atoms with van der Waals surface area (Å²) in [5, 5.41) is 0.427. The molecular weight excluding hydrogens is 407 g/mol. The van der Waals surface area contributed by atoms with Crippen LogP contribution in [0.1, 0.15) is 17.0 Å². The molecule has 0 amide bonds. The Morgan fingerprint density at radius 1 is 0.742 bits per heavy atom. The molecule has 0 radical (unpaired) electrons. The average Bonchev–Trinajstić information content (AvgIpc) is 3.14. The Hall–Kier alpha value is -3.43. The van der Waals surface area contributed by atoms with Crippen LogP contribution in [0.5, 0.6) is 0 Å². The number of halogens is 2. The van der Waals surface area contributed by atoms with Crippen molar-refractivity contribution in [2.24, 2.45) is 0 Å². The van der Waals surface area contributed by atoms with E-state index in [0.29, 0.717) is 23.6 Å². The Bertz CT molecular complexity index is 1320. The Morgan fingerprint density at radius 2 is 1.45 bits per heavy atom. The fourth-order valence-electron chi connectivity index (χ4n) is 3.91. The van der Waals surface area contributed by atoms with Crippen LogP contribution >= 0.6 is 11.6 Å². The van der Waals surface area contributed by atoms with Crippen LogP contribution < -0.4 is 0 Å². The summed E-state index contributed by atoms with van der Waals surface area (Å²) in [7, 11) is 0. The van der Waals surface area contributed by atoms with Gasteiger partial charge in [-0.2, -0.15) is 0 Å². The van der Waals surface area contributed by atoms with Crippen molar-refractivity contribution in [3.63, 3.8) is 0 Å². The summed E-state index contributed by atoms with van der Waals surface area (Å²) in [5.41, 5.74) is 5.86. The number of rotatable bonds is 5. The molecule has 4 aromatic carbocycles. The second-order valence-electron chi connectivity index (χ2n) is 7.54. The summed E-state index contributed by atoms with van der Waals surface area (Å²) >= 11 is 6.31. The van der Waals surface area contributed by atoms with E-state index in [4.69, 9.17) is 16.6 Å². The van der Waals surface area contributed by atoms with Crippen molar-refractivity contribution in [2.45, 2.75) is 13.0 Å². The van der Waals surface area contributed by atoms with Crippen molar-refractivity contribution in [1.82, 2.24) is 9.55 Å². The van der Waals surface area contributed by atoms with E-state index in [-0.39, 0.29) is 5.82 Å². The van der Waals surface area contributed by atoms with Crippen LogP contribution in [0.2, 0.25) is 5.02 Å². The number of benzene rings is 4. The summed E-state index contributed by atoms with van der Waals surface area (Å²) < 4.78 is 16.5. The lowest BCUT2D eigenvalue weighted by Gasteiger charge is -2.12. The van der Waals surface area contributed by atoms with Crippen LogP contribution in [0, 0.1) is 5.82 Å². The number of fused-ring (bicyclic) bond motifs is 1. The molecular formula is C27H20ClFN2. The van der Waals surface area contributed by atoms with Gasteiger partial charge in [0.1, 0.15) is 11.6 Å². The molecule has 0 fully saturated rings. The van der Waals surface area contributed by atoms with E-state index in [2.05, 4.69) is 41.0 Å². The zero-order chi connectivity index (χ0) is 21.2. The molecule has 2 nitrogen and oxygen atoms in total. The maximum absolute atomic E-state index is 14.5. The van der Waals surface area contributed by atoms with Gasteiger partial charge in [0, 0.05) is 17.0 Å². The first-order valence-electron chi connectivity index (χ1n) is 10.2. The first-order chi connectivity index (χ1) is 15.2. The van der Waals surface area contributed by atoms with Crippen molar-refractivity contribution in [2.75, 3.05) is 0 Å². The minimum atomic E-state index is -0.302. The highest BCUT2D eigenvalue weighted by Crippen LogP contribution is 2.26. The van der Waals surface area contributed by atoms with Crippen LogP contribution in [-0.4, -0.2) is 9.55 Å². The number of hydrogen-bond donors (Lipinski definition) is 0. The molecule has 5 aromatic rings. The topological polar surface area (TPSA) is 17.8 Å². The van der Waals surface area contributed by atoms with Gasteiger partial charge in [-0.15, -0.1) is 0 Å². The molecule has 152 valence electrons. The van der Waals surface area contributed by atoms with Crippen molar-refractivity contribution in [3.8, 4) is 11.1 Å². The molecule has 0 atom stereocenters. The van der Waals surface area contributed by atoms with Gasteiger partial charge in [-0.3, -0.25) is 0 Å². The van der Waals surface area contributed by atoms with E-state index in [9.17, 15) is 4.39 Å². The molecule has 0 N–H and O–H groups in total. The first-order valence-corrected chi connectivity index (χ1v) is 10.6. The van der Waals surface area contributed by atoms with E-state index in [1.807, 2.05) is 42.5 Å². The normalized spacial score (nSPS) is 11.2. The highest BCUT2D eigenvalue weighted by atomic mass is 35.5. The van der Waals surface area contributed by atoms with Gasteiger partial charge < -0.3 is 4.57 Å². The van der Waals surface area contributed by atoms with Gasteiger partial charge in [0.25, 0.3) is 0 Å². The van der Waals surface area contributed by atoms with Gasteiger partial charge in [-0.1, -0.05) is 84.4 Å². The van der Waals surface area contributed by atoms with Gasteiger partial charge in [0.2, 0.25) is 0 Å². The van der Waals surface area contributed by atoms with Crippen LogP contribution in [0.25, 0.3) is 22.2 Å². The summed E-state index contributed by atoms with van der Waals surface area (Å²) in [4.78, 5) is 4.84. The van der Waals surface area contributed by atoms with E-state index in [1.54, 1.807) is 12.1 Å². The van der Waals surface area contributed by atoms with Crippen molar-refractivity contribution in [3.05, 3.63) is 125 Å². The third-order valence-corrected chi connectivity index (χ3v) is 5.89. The third kappa shape index (κ3) is 3.97. The van der Waals surface area contributed by atoms with E-state index < -0.39 is 0 Å². The zero-order valence-corrected chi connectivity index (χ0v) is 17.6. The zero-order valence-electron chi connectivity index (χ0n) is 16.8. The van der Waals surface area contributed by atoms with Crippen LogP contribution in [0.4, 0.5) is 4.39 Å². The summed E-state index contributed by atoms with van der Waals surface area (Å²) in [6, 6.07) is 31.6. The number of hydrogen-bond acceptors (Lipinski definition) is 1. The van der Waals surface area contributed by atoms with Crippen LogP contribution in [0.3, 0.4) is 0 Å². The minimum absolute atomic E-state index is 0.302. The molecule has 1 aromatic heterocycles. The van der Waals surface area contributed by atoms with Gasteiger partial charge in [-0.25, -0.2) is 9.37 Å². The van der Waals surface area contributed by atoms with E-state index in [0.717, 1.165) is 22.4 Å². The molecule has 0 bridgehead atoms. The molecule has 0 unspecified atom stereocenters. The minimum Gasteiger partial charge on any atom is -0.323 e. The number of aromatic nitrogens is 2. The second-order valence-corrected chi connectivity index (χ2v) is 7.95. The van der Waals surface area contributed by atoms with E-state index in [1.165, 1.54) is 17.2 Å². The summed E-state index contributed by atoms with van der Waals surface area (Å²) in [6.45, 7) is 0.337. The lowest BCUT2D eigenvalue weighted by molar-refractivity contribution is 0.598. The van der Waals surface area contributed by atoms with Crippen LogP contribution in [-0.2, 0) is 13.0 Å². The number of imidazole rings is 1. The molecule has 0 aliphatic rings. The van der Waals surface area contributed by atoms with Crippen molar-refractivity contribution >= 4 is 22.6 Å². The Kier molecular flexibility index (Phi) is 5.27. The Labute approximate surface area is 185 Å². The highest BCUT2D eigenvalue weighted by Gasteiger charge is 2.15. The molecule has 5 rings (SSSR count). The predicted octanol–water partition coefficient (Wildman–Crippen LogP) is 7.13. The predicted molar refractivity (Wildman–Crippen MR) is 125 cm³/mol. The quantitative estimate of drug-likeness (QED) is 0.292. The fraction of sp³-hybridized carbons (Fsp3) is 0.0741. The lowest BCUT2D eigenvalue weighted by Crippen LogP contribution is -2.08. The molecule has 0 aliphatic carbocycles. The SMILES string of the molecule is Fc1cccc(Cl)c1Cn1c(Cc2ccc(-c3ccccc3)cc2)nc2ccccc21. The smallest absolute Gasteiger partial charge is 0.129 e. The molecule has 31 heavy (non-hydrogen) atoms. The van der Waals surface area contributed by atoms with Crippen LogP contribution in [0.15, 0.2) is 97.1 Å². The summed E-state index contributed by atoms with van der Waals surface area (Å²) in [6.07, 6.45) is 0.649. The second kappa shape index (κ2) is 8.37.